The number of rotatable bonds is 5. The van der Waals surface area contributed by atoms with Gasteiger partial charge >= 0.3 is 0 Å². The molecule has 0 aromatic heterocycles. The molecule has 0 N–H and O–H groups in total. The van der Waals surface area contributed by atoms with E-state index in [0.717, 1.165) is 17.9 Å². The summed E-state index contributed by atoms with van der Waals surface area (Å²) >= 11 is 4.23. The first-order valence-electron chi connectivity index (χ1n) is 5.69. The number of unbranched alkanes of at least 4 members (excludes halogenated alkanes) is 2. The average molecular weight is 237 g/mol. The Balaban J connectivity index is 2.56. The van der Waals surface area contributed by atoms with Crippen LogP contribution in [0.2, 0.25) is 0 Å². The quantitative estimate of drug-likeness (QED) is 0.616. The molecule has 0 spiro atoms. The van der Waals surface area contributed by atoms with Crippen LogP contribution in [0.5, 0.6) is 0 Å². The number of hydrogen-bond acceptors (Lipinski definition) is 2. The van der Waals surface area contributed by atoms with Crippen LogP contribution in [0.15, 0.2) is 29.2 Å². The van der Waals surface area contributed by atoms with E-state index in [-0.39, 0.29) is 5.91 Å². The van der Waals surface area contributed by atoms with Gasteiger partial charge in [0.05, 0.1) is 0 Å². The number of carbonyl (C=O) groups is 1. The summed E-state index contributed by atoms with van der Waals surface area (Å²) in [5.41, 5.74) is 0.714. The summed E-state index contributed by atoms with van der Waals surface area (Å²) in [5, 5.41) is 0. The molecule has 0 saturated carbocycles. The minimum Gasteiger partial charge on any atom is -0.342 e. The highest BCUT2D eigenvalue weighted by Crippen LogP contribution is 2.11. The van der Waals surface area contributed by atoms with Crippen LogP contribution >= 0.6 is 12.6 Å². The van der Waals surface area contributed by atoms with Crippen molar-refractivity contribution >= 4 is 18.5 Å². The predicted molar refractivity (Wildman–Crippen MR) is 70.2 cm³/mol. The Kier molecular flexibility index (Phi) is 5.39. The highest BCUT2D eigenvalue weighted by molar-refractivity contribution is 7.80. The number of amides is 1. The fourth-order valence-electron chi connectivity index (χ4n) is 1.56. The Labute approximate surface area is 103 Å². The van der Waals surface area contributed by atoms with E-state index in [1.807, 2.05) is 31.3 Å². The van der Waals surface area contributed by atoms with Gasteiger partial charge in [-0.1, -0.05) is 25.8 Å². The summed E-state index contributed by atoms with van der Waals surface area (Å²) in [6.45, 7) is 2.98. The first kappa shape index (κ1) is 13.1. The van der Waals surface area contributed by atoms with Crippen LogP contribution in [-0.2, 0) is 0 Å². The molecule has 3 heteroatoms. The van der Waals surface area contributed by atoms with Crippen LogP contribution in [0.25, 0.3) is 0 Å². The van der Waals surface area contributed by atoms with Crippen molar-refractivity contribution in [3.8, 4) is 0 Å². The van der Waals surface area contributed by atoms with E-state index in [2.05, 4.69) is 19.6 Å². The lowest BCUT2D eigenvalue weighted by Crippen LogP contribution is -2.27. The zero-order valence-corrected chi connectivity index (χ0v) is 10.8. The highest BCUT2D eigenvalue weighted by atomic mass is 32.1. The van der Waals surface area contributed by atoms with Crippen molar-refractivity contribution in [2.45, 2.75) is 31.1 Å². The third-order valence-corrected chi connectivity index (χ3v) is 2.82. The van der Waals surface area contributed by atoms with Crippen LogP contribution in [0.1, 0.15) is 36.5 Å². The molecule has 1 aromatic rings. The smallest absolute Gasteiger partial charge is 0.253 e. The van der Waals surface area contributed by atoms with Gasteiger partial charge in [-0.15, -0.1) is 12.6 Å². The van der Waals surface area contributed by atoms with Crippen molar-refractivity contribution in [2.24, 2.45) is 0 Å². The van der Waals surface area contributed by atoms with Gasteiger partial charge in [0, 0.05) is 24.1 Å². The normalized spacial score (nSPS) is 10.2. The molecule has 0 unspecified atom stereocenters. The van der Waals surface area contributed by atoms with Gasteiger partial charge in [0.2, 0.25) is 0 Å². The van der Waals surface area contributed by atoms with Crippen molar-refractivity contribution in [1.29, 1.82) is 0 Å². The number of hydrogen-bond donors (Lipinski definition) is 1. The first-order chi connectivity index (χ1) is 7.65. The largest absolute Gasteiger partial charge is 0.342 e. The zero-order chi connectivity index (χ0) is 12.0. The van der Waals surface area contributed by atoms with Crippen molar-refractivity contribution in [3.05, 3.63) is 29.8 Å². The molecule has 0 aliphatic heterocycles. The summed E-state index contributed by atoms with van der Waals surface area (Å²) in [7, 11) is 1.85. The summed E-state index contributed by atoms with van der Waals surface area (Å²) in [6.07, 6.45) is 3.41. The van der Waals surface area contributed by atoms with Gasteiger partial charge in [0.25, 0.3) is 5.91 Å². The van der Waals surface area contributed by atoms with Crippen molar-refractivity contribution in [2.75, 3.05) is 13.6 Å². The maximum absolute atomic E-state index is 12.0. The SMILES string of the molecule is CCCCCN(C)C(=O)c1cccc(S)c1. The van der Waals surface area contributed by atoms with E-state index in [1.54, 1.807) is 4.90 Å². The maximum atomic E-state index is 12.0. The minimum atomic E-state index is 0.0759. The molecule has 0 fully saturated rings. The van der Waals surface area contributed by atoms with Crippen molar-refractivity contribution in [3.63, 3.8) is 0 Å². The monoisotopic (exact) mass is 237 g/mol. The standard InChI is InChI=1S/C13H19NOS/c1-3-4-5-9-14(2)13(15)11-7-6-8-12(16)10-11/h6-8,10,16H,3-5,9H2,1-2H3. The molecule has 16 heavy (non-hydrogen) atoms. The molecule has 0 atom stereocenters. The highest BCUT2D eigenvalue weighted by Gasteiger charge is 2.10. The topological polar surface area (TPSA) is 20.3 Å². The third kappa shape index (κ3) is 3.89. The van der Waals surface area contributed by atoms with Gasteiger partial charge in [-0.25, -0.2) is 0 Å². The van der Waals surface area contributed by atoms with Gasteiger partial charge in [0.15, 0.2) is 0 Å². The molecule has 0 heterocycles. The number of thiol groups is 1. The fraction of sp³-hybridized carbons (Fsp3) is 0.462. The lowest BCUT2D eigenvalue weighted by atomic mass is 10.2. The Hall–Kier alpha value is -0.960. The molecule has 1 aromatic carbocycles. The summed E-state index contributed by atoms with van der Waals surface area (Å²) < 4.78 is 0. The Morgan fingerprint density at radius 1 is 1.38 bits per heavy atom. The molecule has 0 bridgehead atoms. The second-order valence-electron chi connectivity index (χ2n) is 3.98. The molecule has 0 saturated heterocycles. The molecule has 0 radical (unpaired) electrons. The number of nitrogens with zero attached hydrogens (tertiary/aromatic N) is 1. The second kappa shape index (κ2) is 6.59. The lowest BCUT2D eigenvalue weighted by molar-refractivity contribution is 0.0792. The number of carbonyl (C=O) groups excluding carboxylic acids is 1. The van der Waals surface area contributed by atoms with E-state index >= 15 is 0 Å². The van der Waals surface area contributed by atoms with E-state index in [0.29, 0.717) is 5.56 Å². The minimum absolute atomic E-state index is 0.0759. The predicted octanol–water partition coefficient (Wildman–Crippen LogP) is 3.24. The molecule has 0 aliphatic carbocycles. The first-order valence-corrected chi connectivity index (χ1v) is 6.14. The van der Waals surface area contributed by atoms with Crippen molar-refractivity contribution in [1.82, 2.24) is 4.90 Å². The lowest BCUT2D eigenvalue weighted by Gasteiger charge is -2.17. The maximum Gasteiger partial charge on any atom is 0.253 e. The molecule has 1 amide bonds. The van der Waals surface area contributed by atoms with Crippen LogP contribution < -0.4 is 0 Å². The van der Waals surface area contributed by atoms with Gasteiger partial charge < -0.3 is 4.90 Å². The summed E-state index contributed by atoms with van der Waals surface area (Å²) in [4.78, 5) is 14.6. The third-order valence-electron chi connectivity index (χ3n) is 2.54. The Bertz CT molecular complexity index is 352. The van der Waals surface area contributed by atoms with Gasteiger partial charge in [-0.3, -0.25) is 4.79 Å². The molecule has 1 rings (SSSR count). The average Bonchev–Trinajstić information content (AvgIpc) is 2.28. The molecule has 88 valence electrons. The van der Waals surface area contributed by atoms with E-state index in [4.69, 9.17) is 0 Å². The van der Waals surface area contributed by atoms with Crippen LogP contribution in [-0.4, -0.2) is 24.4 Å². The van der Waals surface area contributed by atoms with Gasteiger partial charge in [0.1, 0.15) is 0 Å². The van der Waals surface area contributed by atoms with E-state index < -0.39 is 0 Å². The van der Waals surface area contributed by atoms with Crippen molar-refractivity contribution < 1.29 is 4.79 Å². The van der Waals surface area contributed by atoms with Gasteiger partial charge in [-0.05, 0) is 24.6 Å². The van der Waals surface area contributed by atoms with Crippen LogP contribution in [0.3, 0.4) is 0 Å². The van der Waals surface area contributed by atoms with Crippen LogP contribution in [0.4, 0.5) is 0 Å². The summed E-state index contributed by atoms with van der Waals surface area (Å²) in [5.74, 6) is 0.0759. The Morgan fingerprint density at radius 2 is 2.12 bits per heavy atom. The Morgan fingerprint density at radius 3 is 2.75 bits per heavy atom. The molecule has 2 nitrogen and oxygen atoms in total. The van der Waals surface area contributed by atoms with E-state index in [9.17, 15) is 4.79 Å². The molecular weight excluding hydrogens is 218 g/mol. The van der Waals surface area contributed by atoms with E-state index in [1.165, 1.54) is 12.8 Å². The zero-order valence-electron chi connectivity index (χ0n) is 9.94. The second-order valence-corrected chi connectivity index (χ2v) is 4.50. The molecular formula is C13H19NOS. The number of benzene rings is 1. The molecule has 0 aliphatic rings. The van der Waals surface area contributed by atoms with Crippen LogP contribution in [0, 0.1) is 0 Å². The summed E-state index contributed by atoms with van der Waals surface area (Å²) in [6, 6.07) is 7.37. The van der Waals surface area contributed by atoms with Gasteiger partial charge in [-0.2, -0.15) is 0 Å². The fourth-order valence-corrected chi connectivity index (χ4v) is 1.78.